The Bertz CT molecular complexity index is 1060. The van der Waals surface area contributed by atoms with Crippen molar-refractivity contribution in [1.29, 1.82) is 0 Å². The van der Waals surface area contributed by atoms with Crippen molar-refractivity contribution in [1.82, 2.24) is 4.98 Å². The number of ketones is 1. The molecular formula is C25H25NO3. The molecule has 0 aliphatic heterocycles. The normalized spacial score (nSPS) is 18.4. The molecule has 0 spiro atoms. The Balaban J connectivity index is 1.38. The predicted octanol–water partition coefficient (Wildman–Crippen LogP) is 5.11. The Labute approximate surface area is 170 Å². The zero-order valence-corrected chi connectivity index (χ0v) is 17.0. The lowest BCUT2D eigenvalue weighted by Crippen LogP contribution is -2.23. The Morgan fingerprint density at radius 3 is 2.52 bits per heavy atom. The minimum atomic E-state index is -0.511. The minimum Gasteiger partial charge on any atom is -0.456 e. The van der Waals surface area contributed by atoms with Gasteiger partial charge in [-0.2, -0.15) is 0 Å². The zero-order chi connectivity index (χ0) is 20.6. The van der Waals surface area contributed by atoms with Gasteiger partial charge in [-0.1, -0.05) is 30.3 Å². The quantitative estimate of drug-likeness (QED) is 0.571. The molecule has 29 heavy (non-hydrogen) atoms. The molecule has 1 saturated carbocycles. The van der Waals surface area contributed by atoms with Crippen molar-refractivity contribution in [2.45, 2.75) is 45.1 Å². The summed E-state index contributed by atoms with van der Waals surface area (Å²) in [6.07, 6.45) is 4.93. The van der Waals surface area contributed by atoms with Gasteiger partial charge in [0.15, 0.2) is 0 Å². The van der Waals surface area contributed by atoms with Crippen LogP contribution >= 0.6 is 0 Å². The van der Waals surface area contributed by atoms with Gasteiger partial charge in [0.2, 0.25) is 0 Å². The van der Waals surface area contributed by atoms with Gasteiger partial charge in [-0.3, -0.25) is 9.78 Å². The lowest BCUT2D eigenvalue weighted by atomic mass is 10.0. The molecule has 4 nitrogen and oxygen atoms in total. The van der Waals surface area contributed by atoms with Crippen molar-refractivity contribution in [2.75, 3.05) is 0 Å². The summed E-state index contributed by atoms with van der Waals surface area (Å²) in [5.74, 6) is 0.272. The molecule has 0 bridgehead atoms. The van der Waals surface area contributed by atoms with Crippen molar-refractivity contribution in [3.05, 3.63) is 77.6 Å². The van der Waals surface area contributed by atoms with E-state index in [0.717, 1.165) is 28.3 Å². The van der Waals surface area contributed by atoms with Crippen LogP contribution in [0, 0.1) is 5.92 Å². The third kappa shape index (κ3) is 4.53. The Kier molecular flexibility index (Phi) is 4.95. The predicted molar refractivity (Wildman–Crippen MR) is 113 cm³/mol. The maximum Gasteiger partial charge on any atom is 0.338 e. The summed E-state index contributed by atoms with van der Waals surface area (Å²) in [7, 11) is 0. The van der Waals surface area contributed by atoms with E-state index in [-0.39, 0.29) is 23.6 Å². The molecule has 0 unspecified atom stereocenters. The molecule has 1 heterocycles. The van der Waals surface area contributed by atoms with Gasteiger partial charge in [0.25, 0.3) is 0 Å². The summed E-state index contributed by atoms with van der Waals surface area (Å²) < 4.78 is 5.40. The second kappa shape index (κ2) is 7.43. The minimum absolute atomic E-state index is 0.0653. The van der Waals surface area contributed by atoms with Crippen molar-refractivity contribution < 1.29 is 14.3 Å². The van der Waals surface area contributed by atoms with Crippen LogP contribution in [0.15, 0.2) is 60.9 Å². The first kappa shape index (κ1) is 19.3. The van der Waals surface area contributed by atoms with E-state index >= 15 is 0 Å². The number of carbonyl (C=O) groups excluding carboxylic acids is 2. The second-order valence-corrected chi connectivity index (χ2v) is 8.77. The van der Waals surface area contributed by atoms with Crippen molar-refractivity contribution in [3.63, 3.8) is 0 Å². The van der Waals surface area contributed by atoms with Crippen LogP contribution in [0.25, 0.3) is 10.8 Å². The van der Waals surface area contributed by atoms with Crippen molar-refractivity contribution in [3.8, 4) is 0 Å². The fourth-order valence-electron chi connectivity index (χ4n) is 3.70. The van der Waals surface area contributed by atoms with Gasteiger partial charge in [0.05, 0.1) is 5.56 Å². The second-order valence-electron chi connectivity index (χ2n) is 8.77. The number of esters is 1. The number of fused-ring (bicyclic) bond motifs is 1. The summed E-state index contributed by atoms with van der Waals surface area (Å²) in [5.41, 5.74) is 2.18. The molecule has 0 amide bonds. The standard InChI is InChI=1S/C25H25NO3/c1-25(2,3)29-24(28)18-8-6-17(7-9-18)21-14-22(21)23(27)13-16-4-5-20-15-26-11-10-19(20)12-16/h4-12,15,21-22H,13-14H2,1-3H3/t21-,22+/m0/s1. The van der Waals surface area contributed by atoms with Gasteiger partial charge >= 0.3 is 5.97 Å². The Morgan fingerprint density at radius 1 is 1.03 bits per heavy atom. The van der Waals surface area contributed by atoms with Gasteiger partial charge in [-0.15, -0.1) is 0 Å². The highest BCUT2D eigenvalue weighted by molar-refractivity contribution is 5.90. The average molecular weight is 387 g/mol. The van der Waals surface area contributed by atoms with E-state index in [1.54, 1.807) is 18.3 Å². The maximum atomic E-state index is 12.7. The first-order valence-electron chi connectivity index (χ1n) is 9.99. The smallest absolute Gasteiger partial charge is 0.338 e. The Morgan fingerprint density at radius 2 is 1.79 bits per heavy atom. The van der Waals surface area contributed by atoms with Crippen LogP contribution in [-0.4, -0.2) is 22.3 Å². The summed E-state index contributed by atoms with van der Waals surface area (Å²) >= 11 is 0. The third-order valence-electron chi connectivity index (χ3n) is 5.26. The molecule has 0 radical (unpaired) electrons. The largest absolute Gasteiger partial charge is 0.456 e. The van der Waals surface area contributed by atoms with Gasteiger partial charge in [-0.05, 0) is 67.8 Å². The monoisotopic (exact) mass is 387 g/mol. The summed E-state index contributed by atoms with van der Waals surface area (Å²) in [6, 6.07) is 15.5. The first-order chi connectivity index (χ1) is 13.8. The van der Waals surface area contributed by atoms with E-state index in [4.69, 9.17) is 4.74 Å². The molecule has 4 heteroatoms. The molecule has 2 aromatic carbocycles. The van der Waals surface area contributed by atoms with E-state index in [1.165, 1.54) is 0 Å². The van der Waals surface area contributed by atoms with Crippen LogP contribution in [0.5, 0.6) is 0 Å². The molecule has 148 valence electrons. The third-order valence-corrected chi connectivity index (χ3v) is 5.26. The SMILES string of the molecule is CC(C)(C)OC(=O)c1ccc([C@@H]2C[C@H]2C(=O)Cc2ccc3cnccc3c2)cc1. The first-order valence-corrected chi connectivity index (χ1v) is 9.99. The van der Waals surface area contributed by atoms with Crippen molar-refractivity contribution in [2.24, 2.45) is 5.92 Å². The molecule has 1 fully saturated rings. The fourth-order valence-corrected chi connectivity index (χ4v) is 3.70. The highest BCUT2D eigenvalue weighted by Crippen LogP contribution is 2.48. The van der Waals surface area contributed by atoms with Gasteiger partial charge in [-0.25, -0.2) is 4.79 Å². The highest BCUT2D eigenvalue weighted by Gasteiger charge is 2.43. The van der Waals surface area contributed by atoms with Crippen LogP contribution in [0.2, 0.25) is 0 Å². The van der Waals surface area contributed by atoms with Crippen LogP contribution < -0.4 is 0 Å². The van der Waals surface area contributed by atoms with E-state index in [2.05, 4.69) is 11.1 Å². The van der Waals surface area contributed by atoms with E-state index in [9.17, 15) is 9.59 Å². The summed E-state index contributed by atoms with van der Waals surface area (Å²) in [4.78, 5) is 29.0. The molecular weight excluding hydrogens is 362 g/mol. The number of rotatable bonds is 5. The number of Topliss-reactive ketones (excluding diaryl/α,β-unsaturated/α-hetero) is 1. The number of nitrogens with zero attached hydrogens (tertiary/aromatic N) is 1. The lowest BCUT2D eigenvalue weighted by Gasteiger charge is -2.19. The Hall–Kier alpha value is -3.01. The highest BCUT2D eigenvalue weighted by atomic mass is 16.6. The number of hydrogen-bond donors (Lipinski definition) is 0. The molecule has 1 aliphatic carbocycles. The number of benzene rings is 2. The number of carbonyl (C=O) groups is 2. The van der Waals surface area contributed by atoms with E-state index in [0.29, 0.717) is 12.0 Å². The molecule has 1 aliphatic rings. The van der Waals surface area contributed by atoms with Gasteiger partial charge in [0, 0.05) is 30.1 Å². The van der Waals surface area contributed by atoms with E-state index < -0.39 is 5.60 Å². The number of aromatic nitrogens is 1. The average Bonchev–Trinajstić information content (AvgIpc) is 3.48. The molecule has 0 saturated heterocycles. The molecule has 1 aromatic heterocycles. The fraction of sp³-hybridized carbons (Fsp3) is 0.320. The molecule has 0 N–H and O–H groups in total. The van der Waals surface area contributed by atoms with Crippen LogP contribution in [0.4, 0.5) is 0 Å². The van der Waals surface area contributed by atoms with Crippen LogP contribution in [-0.2, 0) is 16.0 Å². The zero-order valence-electron chi connectivity index (χ0n) is 17.0. The summed E-state index contributed by atoms with van der Waals surface area (Å²) in [5, 5.41) is 2.19. The topological polar surface area (TPSA) is 56.3 Å². The summed E-state index contributed by atoms with van der Waals surface area (Å²) in [6.45, 7) is 5.56. The molecule has 2 atom stereocenters. The van der Waals surface area contributed by atoms with Gasteiger partial charge < -0.3 is 4.74 Å². The molecule has 4 rings (SSSR count). The lowest BCUT2D eigenvalue weighted by molar-refractivity contribution is -0.119. The number of hydrogen-bond acceptors (Lipinski definition) is 4. The van der Waals surface area contributed by atoms with Crippen molar-refractivity contribution >= 4 is 22.5 Å². The maximum absolute atomic E-state index is 12.7. The van der Waals surface area contributed by atoms with Crippen LogP contribution in [0.1, 0.15) is 54.6 Å². The number of ether oxygens (including phenoxy) is 1. The molecule has 3 aromatic rings. The van der Waals surface area contributed by atoms with Gasteiger partial charge in [0.1, 0.15) is 11.4 Å². The van der Waals surface area contributed by atoms with E-state index in [1.807, 2.05) is 57.3 Å². The number of pyridine rings is 1. The van der Waals surface area contributed by atoms with Crippen LogP contribution in [0.3, 0.4) is 0 Å².